The van der Waals surface area contributed by atoms with E-state index in [1.807, 2.05) is 0 Å². The number of hydrogen-bond acceptors (Lipinski definition) is 3. The van der Waals surface area contributed by atoms with Crippen molar-refractivity contribution in [1.82, 2.24) is 0 Å². The molecule has 1 unspecified atom stereocenters. The standard InChI is InChI=1S/C8H13N.CH4O3S/c1-3-4-8-5-6-9(2)7-8;1-5(2,3)4/h5-7H,3-4H2,1-2H3;1H3,(H,2,3,4). The van der Waals surface area contributed by atoms with Crippen LogP contribution >= 0.6 is 0 Å². The maximum absolute atomic E-state index is 9.08. The summed E-state index contributed by atoms with van der Waals surface area (Å²) >= 11 is 0. The minimum Gasteiger partial charge on any atom is -0.748 e. The lowest BCUT2D eigenvalue weighted by molar-refractivity contribution is -0.763. The number of hydrogen-bond donors (Lipinski definition) is 1. The molecule has 1 N–H and O–H groups in total. The molecule has 0 aromatic rings. The first-order valence-corrected chi connectivity index (χ1v) is 6.27. The highest BCUT2D eigenvalue weighted by Crippen LogP contribution is 2.05. The fraction of sp³-hybridized carbons (Fsp3) is 0.556. The van der Waals surface area contributed by atoms with Gasteiger partial charge in [-0.3, -0.25) is 4.90 Å². The number of quaternary nitrogens is 1. The van der Waals surface area contributed by atoms with Crippen LogP contribution in [0, 0.1) is 0 Å². The molecule has 0 fully saturated rings. The van der Waals surface area contributed by atoms with Gasteiger partial charge >= 0.3 is 0 Å². The van der Waals surface area contributed by atoms with Crippen molar-refractivity contribution in [3.05, 3.63) is 24.0 Å². The van der Waals surface area contributed by atoms with Gasteiger partial charge in [0.15, 0.2) is 0 Å². The second kappa shape index (κ2) is 5.95. The topological polar surface area (TPSA) is 61.6 Å². The molecule has 1 aliphatic rings. The van der Waals surface area contributed by atoms with Crippen LogP contribution in [-0.2, 0) is 10.1 Å². The van der Waals surface area contributed by atoms with Crippen molar-refractivity contribution >= 4 is 10.1 Å². The molecule has 0 spiro atoms. The van der Waals surface area contributed by atoms with Gasteiger partial charge in [-0.25, -0.2) is 8.42 Å². The predicted octanol–water partition coefficient (Wildman–Crippen LogP) is -0.126. The van der Waals surface area contributed by atoms with Gasteiger partial charge in [0.25, 0.3) is 0 Å². The molecule has 14 heavy (non-hydrogen) atoms. The molecule has 4 nitrogen and oxygen atoms in total. The van der Waals surface area contributed by atoms with Crippen LogP contribution in [0.2, 0.25) is 0 Å². The van der Waals surface area contributed by atoms with Crippen molar-refractivity contribution in [1.29, 1.82) is 0 Å². The number of rotatable bonds is 2. The highest BCUT2D eigenvalue weighted by molar-refractivity contribution is 7.84. The first-order valence-electron chi connectivity index (χ1n) is 4.46. The van der Waals surface area contributed by atoms with Gasteiger partial charge in [-0.1, -0.05) is 13.3 Å². The fourth-order valence-corrected chi connectivity index (χ4v) is 1.07. The third-order valence-electron chi connectivity index (χ3n) is 1.51. The van der Waals surface area contributed by atoms with E-state index in [1.54, 1.807) is 0 Å². The highest BCUT2D eigenvalue weighted by Gasteiger charge is 2.03. The molecule has 1 atom stereocenters. The van der Waals surface area contributed by atoms with Crippen LogP contribution in [-0.4, -0.2) is 26.3 Å². The van der Waals surface area contributed by atoms with E-state index >= 15 is 0 Å². The minimum absolute atomic E-state index is 0.604. The Morgan fingerprint density at radius 1 is 1.50 bits per heavy atom. The number of nitrogens with one attached hydrogen (secondary N) is 1. The monoisotopic (exact) mass is 219 g/mol. The van der Waals surface area contributed by atoms with E-state index in [0.717, 1.165) is 0 Å². The Kier molecular flexibility index (Phi) is 5.68. The summed E-state index contributed by atoms with van der Waals surface area (Å²) in [5, 5.41) is 0. The summed E-state index contributed by atoms with van der Waals surface area (Å²) in [6, 6.07) is 0. The Morgan fingerprint density at radius 3 is 2.29 bits per heavy atom. The summed E-state index contributed by atoms with van der Waals surface area (Å²) < 4.78 is 27.2. The van der Waals surface area contributed by atoms with Gasteiger partial charge in [-0.2, -0.15) is 0 Å². The minimum atomic E-state index is -3.92. The molecule has 0 amide bonds. The summed E-state index contributed by atoms with van der Waals surface area (Å²) in [5.74, 6) is 0. The Balaban J connectivity index is 0.000000292. The third kappa shape index (κ3) is 9.44. The lowest BCUT2D eigenvalue weighted by Crippen LogP contribution is -2.98. The van der Waals surface area contributed by atoms with Crippen LogP contribution in [0.3, 0.4) is 0 Å². The predicted molar refractivity (Wildman–Crippen MR) is 54.6 cm³/mol. The fourth-order valence-electron chi connectivity index (χ4n) is 1.07. The Labute approximate surface area is 85.7 Å². The molecule has 82 valence electrons. The average Bonchev–Trinajstić information content (AvgIpc) is 2.32. The van der Waals surface area contributed by atoms with Gasteiger partial charge < -0.3 is 4.55 Å². The van der Waals surface area contributed by atoms with Crippen molar-refractivity contribution < 1.29 is 17.9 Å². The van der Waals surface area contributed by atoms with Gasteiger partial charge in [0.2, 0.25) is 0 Å². The molecule has 0 saturated carbocycles. The van der Waals surface area contributed by atoms with E-state index in [9.17, 15) is 0 Å². The van der Waals surface area contributed by atoms with E-state index in [2.05, 4.69) is 32.4 Å². The van der Waals surface area contributed by atoms with E-state index in [1.165, 1.54) is 23.3 Å². The molecule has 1 heterocycles. The van der Waals surface area contributed by atoms with Gasteiger partial charge in [-0.15, -0.1) is 0 Å². The van der Waals surface area contributed by atoms with Crippen LogP contribution < -0.4 is 4.90 Å². The molecule has 0 saturated heterocycles. The van der Waals surface area contributed by atoms with Gasteiger partial charge in [0.05, 0.1) is 23.4 Å². The average molecular weight is 219 g/mol. The third-order valence-corrected chi connectivity index (χ3v) is 1.51. The lowest BCUT2D eigenvalue weighted by Gasteiger charge is -1.93. The van der Waals surface area contributed by atoms with Crippen LogP contribution in [0.4, 0.5) is 0 Å². The van der Waals surface area contributed by atoms with E-state index in [0.29, 0.717) is 6.26 Å². The molecular weight excluding hydrogens is 202 g/mol. The van der Waals surface area contributed by atoms with Gasteiger partial charge in [-0.05, 0) is 6.42 Å². The molecule has 0 aromatic carbocycles. The second-order valence-electron chi connectivity index (χ2n) is 3.25. The molecule has 1 rings (SSSR count). The van der Waals surface area contributed by atoms with Crippen molar-refractivity contribution in [3.8, 4) is 0 Å². The zero-order valence-corrected chi connectivity index (χ0v) is 9.60. The smallest absolute Gasteiger partial charge is 0.102 e. The van der Waals surface area contributed by atoms with Gasteiger partial charge in [0.1, 0.15) is 6.20 Å². The second-order valence-corrected chi connectivity index (χ2v) is 4.66. The van der Waals surface area contributed by atoms with Gasteiger partial charge in [0, 0.05) is 17.9 Å². The van der Waals surface area contributed by atoms with Crippen molar-refractivity contribution in [2.24, 2.45) is 0 Å². The maximum Gasteiger partial charge on any atom is 0.102 e. The molecule has 0 bridgehead atoms. The van der Waals surface area contributed by atoms with Crippen molar-refractivity contribution in [2.75, 3.05) is 13.3 Å². The summed E-state index contributed by atoms with van der Waals surface area (Å²) in [7, 11) is -1.78. The molecule has 0 aliphatic carbocycles. The quantitative estimate of drug-likeness (QED) is 0.658. The largest absolute Gasteiger partial charge is 0.748 e. The van der Waals surface area contributed by atoms with Crippen molar-refractivity contribution in [3.63, 3.8) is 0 Å². The van der Waals surface area contributed by atoms with Crippen LogP contribution in [0.1, 0.15) is 19.8 Å². The molecular formula is C9H17NO3S. The summed E-state index contributed by atoms with van der Waals surface area (Å²) in [4.78, 5) is 1.39. The molecule has 5 heteroatoms. The SMILES string of the molecule is CCCC1=C[NH+](C)C=C1.CS(=O)(=O)[O-]. The molecule has 1 aliphatic heterocycles. The Hall–Kier alpha value is -0.650. The Morgan fingerprint density at radius 2 is 2.00 bits per heavy atom. The molecule has 0 aromatic heterocycles. The van der Waals surface area contributed by atoms with E-state index in [4.69, 9.17) is 13.0 Å². The summed E-state index contributed by atoms with van der Waals surface area (Å²) in [6.45, 7) is 2.21. The Bertz CT molecular complexity index is 309. The van der Waals surface area contributed by atoms with Crippen LogP contribution in [0.5, 0.6) is 0 Å². The zero-order chi connectivity index (χ0) is 11.2. The maximum atomic E-state index is 9.08. The van der Waals surface area contributed by atoms with Crippen LogP contribution in [0.25, 0.3) is 0 Å². The van der Waals surface area contributed by atoms with E-state index in [-0.39, 0.29) is 0 Å². The molecule has 0 radical (unpaired) electrons. The highest BCUT2D eigenvalue weighted by atomic mass is 32.2. The normalized spacial score (nSPS) is 20.0. The van der Waals surface area contributed by atoms with E-state index < -0.39 is 10.1 Å². The summed E-state index contributed by atoms with van der Waals surface area (Å²) in [5.41, 5.74) is 1.48. The van der Waals surface area contributed by atoms with Crippen molar-refractivity contribution in [2.45, 2.75) is 19.8 Å². The lowest BCUT2D eigenvalue weighted by atomic mass is 10.2. The van der Waals surface area contributed by atoms with Crippen LogP contribution in [0.15, 0.2) is 24.0 Å². The number of allylic oxidation sites excluding steroid dienone is 2. The zero-order valence-electron chi connectivity index (χ0n) is 8.78. The summed E-state index contributed by atoms with van der Waals surface area (Å²) in [6.07, 6.45) is 9.72. The first-order chi connectivity index (χ1) is 6.33. The first kappa shape index (κ1) is 13.4.